The van der Waals surface area contributed by atoms with Crippen LogP contribution in [0.3, 0.4) is 0 Å². The zero-order valence-electron chi connectivity index (χ0n) is 12.2. The Kier molecular flexibility index (Phi) is 4.86. The molecule has 21 heavy (non-hydrogen) atoms. The first-order chi connectivity index (χ1) is 10.0. The van der Waals surface area contributed by atoms with Crippen LogP contribution in [0.5, 0.6) is 11.5 Å². The summed E-state index contributed by atoms with van der Waals surface area (Å²) in [6, 6.07) is 12.4. The lowest BCUT2D eigenvalue weighted by molar-refractivity contribution is 0.0818. The van der Waals surface area contributed by atoms with Crippen molar-refractivity contribution in [3.8, 4) is 11.5 Å². The maximum absolute atomic E-state index is 12.3. The molecule has 2 aromatic carbocycles. The number of carbonyl (C=O) groups is 1. The molecule has 0 saturated carbocycles. The quantitative estimate of drug-likeness (QED) is 0.772. The van der Waals surface area contributed by atoms with Crippen molar-refractivity contribution in [1.82, 2.24) is 0 Å². The Bertz CT molecular complexity index is 635. The number of benzene rings is 2. The summed E-state index contributed by atoms with van der Waals surface area (Å²) in [6.07, 6.45) is -0.612. The third-order valence-corrected chi connectivity index (χ3v) is 3.43. The van der Waals surface area contributed by atoms with Gasteiger partial charge in [-0.15, -0.1) is 0 Å². The van der Waals surface area contributed by atoms with Gasteiger partial charge in [0.1, 0.15) is 11.5 Å². The van der Waals surface area contributed by atoms with Gasteiger partial charge in [0.15, 0.2) is 6.10 Å². The molecule has 2 aromatic rings. The average Bonchev–Trinajstić information content (AvgIpc) is 2.49. The molecule has 0 bridgehead atoms. The zero-order chi connectivity index (χ0) is 15.4. The fourth-order valence-electron chi connectivity index (χ4n) is 1.94. The summed E-state index contributed by atoms with van der Waals surface area (Å²) in [7, 11) is 1.59. The lowest BCUT2D eigenvalue weighted by Gasteiger charge is -2.15. The Labute approximate surface area is 129 Å². The van der Waals surface area contributed by atoms with Crippen LogP contribution in [-0.2, 0) is 0 Å². The molecule has 0 saturated heterocycles. The summed E-state index contributed by atoms with van der Waals surface area (Å²) in [5.74, 6) is 1.12. The van der Waals surface area contributed by atoms with Gasteiger partial charge >= 0.3 is 0 Å². The van der Waals surface area contributed by atoms with E-state index in [1.54, 1.807) is 44.4 Å². The molecule has 3 nitrogen and oxygen atoms in total. The van der Waals surface area contributed by atoms with E-state index in [0.29, 0.717) is 22.1 Å². The SMILES string of the molecule is COc1ccc(C(=O)C(C)Oc2ccc(C)cc2Cl)cc1. The van der Waals surface area contributed by atoms with Gasteiger partial charge in [-0.1, -0.05) is 17.7 Å². The van der Waals surface area contributed by atoms with Gasteiger partial charge in [0.2, 0.25) is 5.78 Å². The summed E-state index contributed by atoms with van der Waals surface area (Å²) in [4.78, 5) is 12.3. The minimum absolute atomic E-state index is 0.103. The van der Waals surface area contributed by atoms with E-state index in [1.165, 1.54) is 0 Å². The first-order valence-electron chi connectivity index (χ1n) is 6.62. The van der Waals surface area contributed by atoms with Gasteiger partial charge in [-0.2, -0.15) is 0 Å². The highest BCUT2D eigenvalue weighted by atomic mass is 35.5. The fraction of sp³-hybridized carbons (Fsp3) is 0.235. The smallest absolute Gasteiger partial charge is 0.202 e. The first-order valence-corrected chi connectivity index (χ1v) is 7.00. The van der Waals surface area contributed by atoms with E-state index in [0.717, 1.165) is 5.56 Å². The minimum atomic E-state index is -0.612. The number of aryl methyl sites for hydroxylation is 1. The second-order valence-electron chi connectivity index (χ2n) is 4.79. The summed E-state index contributed by atoms with van der Waals surface area (Å²) >= 11 is 6.11. The number of hydrogen-bond donors (Lipinski definition) is 0. The van der Waals surface area contributed by atoms with E-state index in [9.17, 15) is 4.79 Å². The highest BCUT2D eigenvalue weighted by molar-refractivity contribution is 6.32. The van der Waals surface area contributed by atoms with E-state index in [4.69, 9.17) is 21.1 Å². The standard InChI is InChI=1S/C17H17ClO3/c1-11-4-9-16(15(18)10-11)21-12(2)17(19)13-5-7-14(20-3)8-6-13/h4-10,12H,1-3H3. The summed E-state index contributed by atoms with van der Waals surface area (Å²) in [6.45, 7) is 3.66. The number of halogens is 1. The van der Waals surface area contributed by atoms with Gasteiger partial charge in [-0.3, -0.25) is 4.79 Å². The third-order valence-electron chi connectivity index (χ3n) is 3.13. The van der Waals surface area contributed by atoms with Crippen molar-refractivity contribution in [2.24, 2.45) is 0 Å². The minimum Gasteiger partial charge on any atom is -0.497 e. The van der Waals surface area contributed by atoms with E-state index in [-0.39, 0.29) is 5.78 Å². The van der Waals surface area contributed by atoms with Crippen LogP contribution in [0.15, 0.2) is 42.5 Å². The second-order valence-corrected chi connectivity index (χ2v) is 5.19. The molecule has 0 aliphatic rings. The number of rotatable bonds is 5. The Hall–Kier alpha value is -2.00. The molecule has 0 aliphatic heterocycles. The maximum atomic E-state index is 12.3. The Morgan fingerprint density at radius 1 is 1.14 bits per heavy atom. The highest BCUT2D eigenvalue weighted by Gasteiger charge is 2.18. The molecule has 0 aliphatic carbocycles. The van der Waals surface area contributed by atoms with Crippen molar-refractivity contribution >= 4 is 17.4 Å². The first kappa shape index (κ1) is 15.4. The Balaban J connectivity index is 2.11. The molecule has 110 valence electrons. The van der Waals surface area contributed by atoms with Crippen molar-refractivity contribution in [2.45, 2.75) is 20.0 Å². The van der Waals surface area contributed by atoms with Crippen LogP contribution >= 0.6 is 11.6 Å². The lowest BCUT2D eigenvalue weighted by Crippen LogP contribution is -2.24. The van der Waals surface area contributed by atoms with Crippen molar-refractivity contribution in [1.29, 1.82) is 0 Å². The van der Waals surface area contributed by atoms with Gasteiger partial charge in [0.25, 0.3) is 0 Å². The molecule has 0 spiro atoms. The van der Waals surface area contributed by atoms with Crippen LogP contribution in [0, 0.1) is 6.92 Å². The average molecular weight is 305 g/mol. The number of ether oxygens (including phenoxy) is 2. The van der Waals surface area contributed by atoms with Gasteiger partial charge < -0.3 is 9.47 Å². The predicted octanol–water partition coefficient (Wildman–Crippen LogP) is 4.31. The van der Waals surface area contributed by atoms with Crippen LogP contribution in [-0.4, -0.2) is 19.0 Å². The lowest BCUT2D eigenvalue weighted by atomic mass is 10.1. The van der Waals surface area contributed by atoms with E-state index >= 15 is 0 Å². The number of methoxy groups -OCH3 is 1. The molecular weight excluding hydrogens is 288 g/mol. The molecule has 0 aromatic heterocycles. The largest absolute Gasteiger partial charge is 0.497 e. The van der Waals surface area contributed by atoms with Crippen molar-refractivity contribution < 1.29 is 14.3 Å². The fourth-order valence-corrected chi connectivity index (χ4v) is 2.22. The van der Waals surface area contributed by atoms with Crippen LogP contribution in [0.1, 0.15) is 22.8 Å². The van der Waals surface area contributed by atoms with E-state index in [2.05, 4.69) is 0 Å². The molecule has 1 atom stereocenters. The Morgan fingerprint density at radius 2 is 1.81 bits per heavy atom. The molecule has 0 amide bonds. The number of ketones is 1. The van der Waals surface area contributed by atoms with Crippen molar-refractivity contribution in [3.05, 3.63) is 58.6 Å². The number of carbonyl (C=O) groups excluding carboxylic acids is 1. The maximum Gasteiger partial charge on any atom is 0.202 e. The summed E-state index contributed by atoms with van der Waals surface area (Å²) < 4.78 is 10.7. The number of hydrogen-bond acceptors (Lipinski definition) is 3. The Morgan fingerprint density at radius 3 is 2.38 bits per heavy atom. The predicted molar refractivity (Wildman–Crippen MR) is 83.6 cm³/mol. The molecular formula is C17H17ClO3. The summed E-state index contributed by atoms with van der Waals surface area (Å²) in [5, 5.41) is 0.504. The molecule has 1 unspecified atom stereocenters. The summed E-state index contributed by atoms with van der Waals surface area (Å²) in [5.41, 5.74) is 1.62. The normalized spacial score (nSPS) is 11.8. The van der Waals surface area contributed by atoms with E-state index < -0.39 is 6.10 Å². The van der Waals surface area contributed by atoms with Crippen molar-refractivity contribution in [3.63, 3.8) is 0 Å². The van der Waals surface area contributed by atoms with Gasteiger partial charge in [-0.05, 0) is 55.8 Å². The molecule has 2 rings (SSSR count). The van der Waals surface area contributed by atoms with Gasteiger partial charge in [0, 0.05) is 5.56 Å². The zero-order valence-corrected chi connectivity index (χ0v) is 13.0. The molecule has 0 heterocycles. The van der Waals surface area contributed by atoms with E-state index in [1.807, 2.05) is 19.1 Å². The number of Topliss-reactive ketones (excluding diaryl/α,β-unsaturated/α-hetero) is 1. The van der Waals surface area contributed by atoms with Crippen LogP contribution in [0.25, 0.3) is 0 Å². The molecule has 0 N–H and O–H groups in total. The molecule has 4 heteroatoms. The highest BCUT2D eigenvalue weighted by Crippen LogP contribution is 2.26. The van der Waals surface area contributed by atoms with Crippen LogP contribution in [0.4, 0.5) is 0 Å². The van der Waals surface area contributed by atoms with Crippen LogP contribution < -0.4 is 9.47 Å². The third kappa shape index (κ3) is 3.76. The van der Waals surface area contributed by atoms with Crippen molar-refractivity contribution in [2.75, 3.05) is 7.11 Å². The molecule has 0 fully saturated rings. The van der Waals surface area contributed by atoms with Gasteiger partial charge in [-0.25, -0.2) is 0 Å². The monoisotopic (exact) mass is 304 g/mol. The molecule has 0 radical (unpaired) electrons. The topological polar surface area (TPSA) is 35.5 Å². The second kappa shape index (κ2) is 6.64. The van der Waals surface area contributed by atoms with Crippen LogP contribution in [0.2, 0.25) is 5.02 Å². The van der Waals surface area contributed by atoms with Gasteiger partial charge in [0.05, 0.1) is 12.1 Å².